The number of halogens is 1. The second-order valence-electron chi connectivity index (χ2n) is 4.72. The Morgan fingerprint density at radius 2 is 2.00 bits per heavy atom. The fraction of sp³-hybridized carbons (Fsp3) is 0.188. The van der Waals surface area contributed by atoms with Crippen LogP contribution in [0.4, 0.5) is 5.69 Å². The molecule has 2 N–H and O–H groups in total. The first-order chi connectivity index (χ1) is 11.1. The molecule has 0 unspecified atom stereocenters. The highest BCUT2D eigenvalue weighted by Crippen LogP contribution is 2.15. The van der Waals surface area contributed by atoms with E-state index in [1.807, 2.05) is 18.2 Å². The van der Waals surface area contributed by atoms with Crippen LogP contribution in [0.5, 0.6) is 0 Å². The predicted octanol–water partition coefficient (Wildman–Crippen LogP) is 3.30. The molecule has 0 atom stereocenters. The van der Waals surface area contributed by atoms with E-state index < -0.39 is 0 Å². The largest absolute Gasteiger partial charge is 0.463 e. The summed E-state index contributed by atoms with van der Waals surface area (Å²) in [5.74, 6) is 0.178. The van der Waals surface area contributed by atoms with Crippen molar-refractivity contribution in [2.75, 3.05) is 5.32 Å². The molecule has 0 saturated carbocycles. The standard InChI is InChI=1S/C16H16BrN3O3/c17-12-4-1-5-13(10-12)19-15(21)7-2-8-16(22)20-18-11-14-6-3-9-23-14/h1,3-6,9-11H,2,7-8H2,(H,19,21)(H,20,22)/b18-11-. The maximum atomic E-state index is 11.8. The van der Waals surface area contributed by atoms with Gasteiger partial charge in [-0.25, -0.2) is 5.43 Å². The van der Waals surface area contributed by atoms with Crippen molar-refractivity contribution in [3.63, 3.8) is 0 Å². The minimum atomic E-state index is -0.247. The van der Waals surface area contributed by atoms with Gasteiger partial charge in [-0.3, -0.25) is 9.59 Å². The van der Waals surface area contributed by atoms with Gasteiger partial charge in [0.1, 0.15) is 5.76 Å². The summed E-state index contributed by atoms with van der Waals surface area (Å²) in [7, 11) is 0. The predicted molar refractivity (Wildman–Crippen MR) is 91.1 cm³/mol. The first kappa shape index (κ1) is 17.0. The van der Waals surface area contributed by atoms with Crippen LogP contribution in [-0.4, -0.2) is 18.0 Å². The van der Waals surface area contributed by atoms with Crippen molar-refractivity contribution in [1.82, 2.24) is 5.43 Å². The number of hydrogen-bond acceptors (Lipinski definition) is 4. The number of hydrazone groups is 1. The van der Waals surface area contributed by atoms with Gasteiger partial charge in [0.25, 0.3) is 0 Å². The van der Waals surface area contributed by atoms with Crippen LogP contribution in [0.1, 0.15) is 25.0 Å². The van der Waals surface area contributed by atoms with Crippen LogP contribution in [0.15, 0.2) is 56.7 Å². The molecule has 0 saturated heterocycles. The van der Waals surface area contributed by atoms with Crippen molar-refractivity contribution in [2.24, 2.45) is 5.10 Å². The summed E-state index contributed by atoms with van der Waals surface area (Å²) >= 11 is 3.34. The Bertz CT molecular complexity index is 684. The smallest absolute Gasteiger partial charge is 0.240 e. The summed E-state index contributed by atoms with van der Waals surface area (Å²) in [4.78, 5) is 23.3. The highest BCUT2D eigenvalue weighted by atomic mass is 79.9. The normalized spacial score (nSPS) is 10.7. The maximum Gasteiger partial charge on any atom is 0.240 e. The highest BCUT2D eigenvalue weighted by molar-refractivity contribution is 9.10. The van der Waals surface area contributed by atoms with Crippen LogP contribution in [-0.2, 0) is 9.59 Å². The van der Waals surface area contributed by atoms with Crippen LogP contribution in [0.2, 0.25) is 0 Å². The van der Waals surface area contributed by atoms with Gasteiger partial charge in [0.2, 0.25) is 11.8 Å². The topological polar surface area (TPSA) is 83.7 Å². The summed E-state index contributed by atoms with van der Waals surface area (Å²) in [5.41, 5.74) is 3.10. The lowest BCUT2D eigenvalue weighted by Gasteiger charge is -2.05. The number of benzene rings is 1. The van der Waals surface area contributed by atoms with Gasteiger partial charge in [-0.2, -0.15) is 5.10 Å². The summed E-state index contributed by atoms with van der Waals surface area (Å²) in [6, 6.07) is 10.8. The summed E-state index contributed by atoms with van der Waals surface area (Å²) in [6.45, 7) is 0. The SMILES string of the molecule is O=C(CCCC(=O)Nc1cccc(Br)c1)N/N=C\c1ccco1. The molecular formula is C16H16BrN3O3. The molecule has 0 spiro atoms. The van der Waals surface area contributed by atoms with E-state index in [0.717, 1.165) is 10.2 Å². The number of nitrogens with one attached hydrogen (secondary N) is 2. The van der Waals surface area contributed by atoms with Crippen molar-refractivity contribution in [1.29, 1.82) is 0 Å². The van der Waals surface area contributed by atoms with E-state index in [0.29, 0.717) is 12.2 Å². The molecule has 23 heavy (non-hydrogen) atoms. The molecule has 0 fully saturated rings. The van der Waals surface area contributed by atoms with Gasteiger partial charge >= 0.3 is 0 Å². The maximum absolute atomic E-state index is 11.8. The third-order valence-corrected chi connectivity index (χ3v) is 3.33. The van der Waals surface area contributed by atoms with Crippen molar-refractivity contribution in [2.45, 2.75) is 19.3 Å². The third kappa shape index (κ3) is 6.48. The number of amides is 2. The van der Waals surface area contributed by atoms with Crippen LogP contribution >= 0.6 is 15.9 Å². The Morgan fingerprint density at radius 1 is 1.17 bits per heavy atom. The lowest BCUT2D eigenvalue weighted by molar-refractivity contribution is -0.121. The Hall–Kier alpha value is -2.41. The Labute approximate surface area is 142 Å². The average Bonchev–Trinajstić information content (AvgIpc) is 3.00. The Kier molecular flexibility index (Phi) is 6.56. The Morgan fingerprint density at radius 3 is 2.74 bits per heavy atom. The average molecular weight is 378 g/mol. The molecule has 0 aliphatic carbocycles. The zero-order valence-electron chi connectivity index (χ0n) is 12.3. The van der Waals surface area contributed by atoms with E-state index in [1.54, 1.807) is 18.2 Å². The molecule has 1 aromatic carbocycles. The first-order valence-electron chi connectivity index (χ1n) is 7.04. The van der Waals surface area contributed by atoms with Gasteiger partial charge in [-0.1, -0.05) is 22.0 Å². The number of nitrogens with zero attached hydrogens (tertiary/aromatic N) is 1. The molecule has 2 rings (SSSR count). The van der Waals surface area contributed by atoms with Gasteiger partial charge in [0.05, 0.1) is 12.5 Å². The fourth-order valence-electron chi connectivity index (χ4n) is 1.79. The number of carbonyl (C=O) groups excluding carboxylic acids is 2. The molecule has 0 radical (unpaired) electrons. The first-order valence-corrected chi connectivity index (χ1v) is 7.83. The van der Waals surface area contributed by atoms with E-state index in [4.69, 9.17) is 4.42 Å². The minimum Gasteiger partial charge on any atom is -0.463 e. The third-order valence-electron chi connectivity index (χ3n) is 2.84. The second kappa shape index (κ2) is 8.89. The molecule has 2 aromatic rings. The molecular weight excluding hydrogens is 362 g/mol. The number of rotatable bonds is 7. The number of hydrogen-bond donors (Lipinski definition) is 2. The highest BCUT2D eigenvalue weighted by Gasteiger charge is 2.05. The summed E-state index contributed by atoms with van der Waals surface area (Å²) in [5, 5.41) is 6.54. The van der Waals surface area contributed by atoms with E-state index in [1.165, 1.54) is 12.5 Å². The molecule has 0 aliphatic heterocycles. The van der Waals surface area contributed by atoms with Gasteiger partial charge in [0, 0.05) is 23.0 Å². The lowest BCUT2D eigenvalue weighted by atomic mass is 10.2. The van der Waals surface area contributed by atoms with Crippen molar-refractivity contribution in [3.05, 3.63) is 52.9 Å². The Balaban J connectivity index is 1.64. The van der Waals surface area contributed by atoms with Crippen molar-refractivity contribution in [3.8, 4) is 0 Å². The summed E-state index contributed by atoms with van der Waals surface area (Å²) < 4.78 is 5.93. The van der Waals surface area contributed by atoms with Crippen LogP contribution < -0.4 is 10.7 Å². The van der Waals surface area contributed by atoms with Gasteiger partial charge in [-0.05, 0) is 36.8 Å². The molecule has 120 valence electrons. The monoisotopic (exact) mass is 377 g/mol. The molecule has 1 aromatic heterocycles. The van der Waals surface area contributed by atoms with E-state index >= 15 is 0 Å². The van der Waals surface area contributed by atoms with Crippen LogP contribution in [0.3, 0.4) is 0 Å². The quantitative estimate of drug-likeness (QED) is 0.573. The number of furan rings is 1. The van der Waals surface area contributed by atoms with Crippen LogP contribution in [0.25, 0.3) is 0 Å². The van der Waals surface area contributed by atoms with E-state index in [2.05, 4.69) is 31.8 Å². The van der Waals surface area contributed by atoms with Gasteiger partial charge < -0.3 is 9.73 Å². The lowest BCUT2D eigenvalue weighted by Crippen LogP contribution is -2.18. The summed E-state index contributed by atoms with van der Waals surface area (Å²) in [6.07, 6.45) is 3.87. The molecule has 2 amide bonds. The zero-order chi connectivity index (χ0) is 16.5. The number of anilines is 1. The van der Waals surface area contributed by atoms with E-state index in [-0.39, 0.29) is 24.7 Å². The van der Waals surface area contributed by atoms with Gasteiger partial charge in [-0.15, -0.1) is 0 Å². The minimum absolute atomic E-state index is 0.130. The second-order valence-corrected chi connectivity index (χ2v) is 5.64. The van der Waals surface area contributed by atoms with Crippen molar-refractivity contribution >= 4 is 39.6 Å². The molecule has 1 heterocycles. The van der Waals surface area contributed by atoms with Crippen molar-refractivity contribution < 1.29 is 14.0 Å². The molecule has 7 heteroatoms. The van der Waals surface area contributed by atoms with Gasteiger partial charge in [0.15, 0.2) is 0 Å². The fourth-order valence-corrected chi connectivity index (χ4v) is 2.19. The molecule has 6 nitrogen and oxygen atoms in total. The number of carbonyl (C=O) groups is 2. The molecule has 0 aliphatic rings. The van der Waals surface area contributed by atoms with E-state index in [9.17, 15) is 9.59 Å². The zero-order valence-corrected chi connectivity index (χ0v) is 13.9. The molecule has 0 bridgehead atoms. The van der Waals surface area contributed by atoms with Crippen LogP contribution in [0, 0.1) is 0 Å².